The van der Waals surface area contributed by atoms with Gasteiger partial charge in [-0.15, -0.1) is 0 Å². The summed E-state index contributed by atoms with van der Waals surface area (Å²) in [5.74, 6) is 0.821. The molecule has 0 atom stereocenters. The fourth-order valence-corrected chi connectivity index (χ4v) is 1.29. The Morgan fingerprint density at radius 2 is 1.93 bits per heavy atom. The summed E-state index contributed by atoms with van der Waals surface area (Å²) >= 11 is 0. The number of benzene rings is 1. The van der Waals surface area contributed by atoms with Crippen molar-refractivity contribution in [2.45, 2.75) is 13.8 Å². The second-order valence-electron chi connectivity index (χ2n) is 3.29. The highest BCUT2D eigenvalue weighted by Gasteiger charge is 2.04. The van der Waals surface area contributed by atoms with Gasteiger partial charge >= 0.3 is 0 Å². The zero-order chi connectivity index (χ0) is 10.6. The first-order valence-electron chi connectivity index (χ1n) is 4.69. The SMILES string of the molecule is COc1cc(C)c(C)cc1NCCO. The van der Waals surface area contributed by atoms with Gasteiger partial charge in [-0.3, -0.25) is 0 Å². The summed E-state index contributed by atoms with van der Waals surface area (Å²) in [4.78, 5) is 0. The number of ether oxygens (including phenoxy) is 1. The highest BCUT2D eigenvalue weighted by Crippen LogP contribution is 2.27. The van der Waals surface area contributed by atoms with Gasteiger partial charge in [-0.05, 0) is 37.1 Å². The van der Waals surface area contributed by atoms with Crippen molar-refractivity contribution in [1.29, 1.82) is 0 Å². The van der Waals surface area contributed by atoms with E-state index in [-0.39, 0.29) is 6.61 Å². The number of anilines is 1. The molecule has 78 valence electrons. The summed E-state index contributed by atoms with van der Waals surface area (Å²) in [6.45, 7) is 4.77. The van der Waals surface area contributed by atoms with Crippen molar-refractivity contribution in [3.05, 3.63) is 23.3 Å². The number of hydrogen-bond donors (Lipinski definition) is 2. The van der Waals surface area contributed by atoms with Crippen LogP contribution in [0.4, 0.5) is 5.69 Å². The van der Waals surface area contributed by atoms with Crippen LogP contribution >= 0.6 is 0 Å². The summed E-state index contributed by atoms with van der Waals surface area (Å²) in [6.07, 6.45) is 0. The highest BCUT2D eigenvalue weighted by molar-refractivity contribution is 5.59. The molecule has 0 aliphatic heterocycles. The minimum absolute atomic E-state index is 0.121. The van der Waals surface area contributed by atoms with Crippen molar-refractivity contribution in [1.82, 2.24) is 0 Å². The van der Waals surface area contributed by atoms with E-state index in [1.54, 1.807) is 7.11 Å². The third-order valence-electron chi connectivity index (χ3n) is 2.24. The molecule has 1 aromatic rings. The van der Waals surface area contributed by atoms with Crippen molar-refractivity contribution < 1.29 is 9.84 Å². The molecular formula is C11H17NO2. The van der Waals surface area contributed by atoms with Crippen LogP contribution in [0.25, 0.3) is 0 Å². The first kappa shape index (κ1) is 10.9. The van der Waals surface area contributed by atoms with Crippen LogP contribution in [0.3, 0.4) is 0 Å². The van der Waals surface area contributed by atoms with Crippen molar-refractivity contribution in [2.24, 2.45) is 0 Å². The molecule has 0 bridgehead atoms. The number of aliphatic hydroxyl groups is 1. The summed E-state index contributed by atoms with van der Waals surface area (Å²) in [5.41, 5.74) is 3.35. The number of hydrogen-bond acceptors (Lipinski definition) is 3. The maximum absolute atomic E-state index is 8.71. The van der Waals surface area contributed by atoms with E-state index >= 15 is 0 Å². The minimum Gasteiger partial charge on any atom is -0.495 e. The fourth-order valence-electron chi connectivity index (χ4n) is 1.29. The van der Waals surface area contributed by atoms with Gasteiger partial charge in [0.25, 0.3) is 0 Å². The molecule has 3 heteroatoms. The van der Waals surface area contributed by atoms with E-state index in [4.69, 9.17) is 9.84 Å². The molecule has 0 fully saturated rings. The molecule has 0 saturated heterocycles. The predicted molar refractivity (Wildman–Crippen MR) is 58.0 cm³/mol. The zero-order valence-electron chi connectivity index (χ0n) is 8.92. The average Bonchev–Trinajstić information content (AvgIpc) is 2.19. The van der Waals surface area contributed by atoms with E-state index in [1.165, 1.54) is 11.1 Å². The molecule has 0 aliphatic rings. The van der Waals surface area contributed by atoms with Crippen molar-refractivity contribution >= 4 is 5.69 Å². The van der Waals surface area contributed by atoms with Crippen LogP contribution < -0.4 is 10.1 Å². The van der Waals surface area contributed by atoms with Gasteiger partial charge in [-0.25, -0.2) is 0 Å². The van der Waals surface area contributed by atoms with Crippen LogP contribution in [0.15, 0.2) is 12.1 Å². The van der Waals surface area contributed by atoms with Crippen molar-refractivity contribution in [3.63, 3.8) is 0 Å². The van der Waals surface area contributed by atoms with Gasteiger partial charge in [0.15, 0.2) is 0 Å². The number of aryl methyl sites for hydroxylation is 2. The lowest BCUT2D eigenvalue weighted by Crippen LogP contribution is -2.07. The average molecular weight is 195 g/mol. The summed E-state index contributed by atoms with van der Waals surface area (Å²) in [5, 5.41) is 11.8. The maximum atomic E-state index is 8.71. The van der Waals surface area contributed by atoms with Gasteiger partial charge in [0.1, 0.15) is 5.75 Å². The summed E-state index contributed by atoms with van der Waals surface area (Å²) in [7, 11) is 1.65. The molecule has 0 radical (unpaired) electrons. The monoisotopic (exact) mass is 195 g/mol. The molecule has 0 aliphatic carbocycles. The van der Waals surface area contributed by atoms with E-state index in [2.05, 4.69) is 12.2 Å². The van der Waals surface area contributed by atoms with E-state index in [9.17, 15) is 0 Å². The normalized spacial score (nSPS) is 10.0. The maximum Gasteiger partial charge on any atom is 0.142 e. The Balaban J connectivity index is 2.95. The van der Waals surface area contributed by atoms with Gasteiger partial charge in [0.05, 0.1) is 19.4 Å². The molecular weight excluding hydrogens is 178 g/mol. The lowest BCUT2D eigenvalue weighted by atomic mass is 10.1. The Hall–Kier alpha value is -1.22. The Labute approximate surface area is 84.7 Å². The lowest BCUT2D eigenvalue weighted by molar-refractivity contribution is 0.311. The first-order valence-corrected chi connectivity index (χ1v) is 4.69. The Morgan fingerprint density at radius 1 is 1.29 bits per heavy atom. The minimum atomic E-state index is 0.121. The first-order chi connectivity index (χ1) is 6.69. The van der Waals surface area contributed by atoms with Crippen LogP contribution in [-0.2, 0) is 0 Å². The zero-order valence-corrected chi connectivity index (χ0v) is 8.92. The molecule has 1 aromatic carbocycles. The molecule has 2 N–H and O–H groups in total. The molecule has 0 unspecified atom stereocenters. The van der Waals surface area contributed by atoms with E-state index in [1.807, 2.05) is 19.1 Å². The predicted octanol–water partition coefficient (Wildman–Crippen LogP) is 1.72. The summed E-state index contributed by atoms with van der Waals surface area (Å²) < 4.78 is 5.23. The topological polar surface area (TPSA) is 41.5 Å². The van der Waals surface area contributed by atoms with Crippen LogP contribution in [0.2, 0.25) is 0 Å². The highest BCUT2D eigenvalue weighted by atomic mass is 16.5. The fraction of sp³-hybridized carbons (Fsp3) is 0.455. The van der Waals surface area contributed by atoms with Gasteiger partial charge < -0.3 is 15.2 Å². The van der Waals surface area contributed by atoms with Crippen LogP contribution in [0.5, 0.6) is 5.75 Å². The Bertz CT molecular complexity index is 310. The van der Waals surface area contributed by atoms with Gasteiger partial charge in [0.2, 0.25) is 0 Å². The Morgan fingerprint density at radius 3 is 2.50 bits per heavy atom. The third-order valence-corrected chi connectivity index (χ3v) is 2.24. The van der Waals surface area contributed by atoms with E-state index < -0.39 is 0 Å². The molecule has 0 spiro atoms. The second-order valence-corrected chi connectivity index (χ2v) is 3.29. The number of rotatable bonds is 4. The largest absolute Gasteiger partial charge is 0.495 e. The number of nitrogens with one attached hydrogen (secondary N) is 1. The molecule has 0 saturated carbocycles. The third kappa shape index (κ3) is 2.39. The smallest absolute Gasteiger partial charge is 0.142 e. The van der Waals surface area contributed by atoms with Crippen LogP contribution in [0, 0.1) is 13.8 Å². The lowest BCUT2D eigenvalue weighted by Gasteiger charge is -2.12. The molecule has 1 rings (SSSR count). The second kappa shape index (κ2) is 4.86. The van der Waals surface area contributed by atoms with Gasteiger partial charge in [-0.2, -0.15) is 0 Å². The van der Waals surface area contributed by atoms with Crippen LogP contribution in [-0.4, -0.2) is 25.4 Å². The molecule has 0 amide bonds. The summed E-state index contributed by atoms with van der Waals surface area (Å²) in [6, 6.07) is 4.03. The van der Waals surface area contributed by atoms with Crippen molar-refractivity contribution in [3.8, 4) is 5.75 Å². The van der Waals surface area contributed by atoms with Gasteiger partial charge in [-0.1, -0.05) is 0 Å². The number of methoxy groups -OCH3 is 1. The van der Waals surface area contributed by atoms with Crippen molar-refractivity contribution in [2.75, 3.05) is 25.6 Å². The van der Waals surface area contributed by atoms with E-state index in [0.717, 1.165) is 11.4 Å². The molecule has 0 aromatic heterocycles. The molecule has 3 nitrogen and oxygen atoms in total. The Kier molecular flexibility index (Phi) is 3.77. The number of aliphatic hydroxyl groups excluding tert-OH is 1. The van der Waals surface area contributed by atoms with Gasteiger partial charge in [0, 0.05) is 6.54 Å². The standard InChI is InChI=1S/C11H17NO2/c1-8-6-10(12-4-5-13)11(14-3)7-9(8)2/h6-7,12-13H,4-5H2,1-3H3. The molecule has 14 heavy (non-hydrogen) atoms. The quantitative estimate of drug-likeness (QED) is 0.768. The van der Waals surface area contributed by atoms with Crippen LogP contribution in [0.1, 0.15) is 11.1 Å². The molecule has 0 heterocycles. The van der Waals surface area contributed by atoms with E-state index in [0.29, 0.717) is 6.54 Å².